The van der Waals surface area contributed by atoms with E-state index in [1.165, 1.54) is 35.7 Å². The molecule has 1 nitrogen and oxygen atoms in total. The number of benzene rings is 1. The normalized spacial score (nSPS) is 12.7. The third kappa shape index (κ3) is 6.02. The highest BCUT2D eigenvalue weighted by atomic mass is 127. The van der Waals surface area contributed by atoms with Gasteiger partial charge in [-0.3, -0.25) is 0 Å². The smallest absolute Gasteiger partial charge is 0.0801 e. The van der Waals surface area contributed by atoms with E-state index in [0.29, 0.717) is 0 Å². The lowest BCUT2D eigenvalue weighted by molar-refractivity contribution is 0.162. The zero-order chi connectivity index (χ0) is 13.4. The zero-order valence-electron chi connectivity index (χ0n) is 11.0. The summed E-state index contributed by atoms with van der Waals surface area (Å²) in [6, 6.07) is 6.12. The van der Waals surface area contributed by atoms with Gasteiger partial charge in [0.2, 0.25) is 0 Å². The molecule has 18 heavy (non-hydrogen) atoms. The van der Waals surface area contributed by atoms with Crippen molar-refractivity contribution in [1.82, 2.24) is 0 Å². The number of halogens is 2. The SMILES string of the molecule is CCCCCCCCC(O)c1cc(I)ccc1Br. The van der Waals surface area contributed by atoms with E-state index >= 15 is 0 Å². The van der Waals surface area contributed by atoms with Crippen LogP contribution in [0.3, 0.4) is 0 Å². The molecule has 0 aliphatic heterocycles. The molecule has 0 aliphatic carbocycles. The first-order chi connectivity index (χ1) is 8.65. The van der Waals surface area contributed by atoms with Gasteiger partial charge >= 0.3 is 0 Å². The lowest BCUT2D eigenvalue weighted by Crippen LogP contribution is -1.99. The van der Waals surface area contributed by atoms with Gasteiger partial charge in [0.25, 0.3) is 0 Å². The summed E-state index contributed by atoms with van der Waals surface area (Å²) in [6.07, 6.45) is 8.14. The summed E-state index contributed by atoms with van der Waals surface area (Å²) in [5.74, 6) is 0. The first kappa shape index (κ1) is 16.4. The predicted molar refractivity (Wildman–Crippen MR) is 89.8 cm³/mol. The van der Waals surface area contributed by atoms with E-state index in [-0.39, 0.29) is 6.10 Å². The molecule has 0 amide bonds. The molecule has 0 aromatic heterocycles. The molecule has 3 heteroatoms. The van der Waals surface area contributed by atoms with Gasteiger partial charge in [0.15, 0.2) is 0 Å². The Hall–Kier alpha value is 0.390. The number of aliphatic hydroxyl groups is 1. The van der Waals surface area contributed by atoms with Gasteiger partial charge in [0, 0.05) is 8.04 Å². The molecule has 0 saturated heterocycles. The third-order valence-electron chi connectivity index (χ3n) is 3.15. The molecule has 1 unspecified atom stereocenters. The summed E-state index contributed by atoms with van der Waals surface area (Å²) in [5.41, 5.74) is 1.02. The molecule has 0 spiro atoms. The van der Waals surface area contributed by atoms with Gasteiger partial charge < -0.3 is 5.11 Å². The van der Waals surface area contributed by atoms with Gasteiger partial charge in [-0.2, -0.15) is 0 Å². The average molecular weight is 425 g/mol. The fourth-order valence-corrected chi connectivity index (χ4v) is 3.07. The Morgan fingerprint density at radius 3 is 2.56 bits per heavy atom. The van der Waals surface area contributed by atoms with Crippen molar-refractivity contribution in [3.63, 3.8) is 0 Å². The summed E-state index contributed by atoms with van der Waals surface area (Å²) in [5, 5.41) is 10.2. The lowest BCUT2D eigenvalue weighted by Gasteiger charge is -2.13. The van der Waals surface area contributed by atoms with Crippen LogP contribution >= 0.6 is 38.5 Å². The Balaban J connectivity index is 2.31. The maximum absolute atomic E-state index is 10.2. The maximum Gasteiger partial charge on any atom is 0.0801 e. The van der Waals surface area contributed by atoms with Gasteiger partial charge in [0.1, 0.15) is 0 Å². The molecule has 0 aliphatic rings. The Kier molecular flexibility index (Phi) is 8.51. The second-order valence-electron chi connectivity index (χ2n) is 4.74. The third-order valence-corrected chi connectivity index (χ3v) is 4.54. The van der Waals surface area contributed by atoms with Crippen LogP contribution in [-0.2, 0) is 0 Å². The van der Waals surface area contributed by atoms with E-state index in [1.807, 2.05) is 12.1 Å². The van der Waals surface area contributed by atoms with Gasteiger partial charge in [-0.15, -0.1) is 0 Å². The van der Waals surface area contributed by atoms with Gasteiger partial charge in [0.05, 0.1) is 6.10 Å². The van der Waals surface area contributed by atoms with E-state index in [0.717, 1.165) is 22.9 Å². The van der Waals surface area contributed by atoms with Crippen LogP contribution in [0.5, 0.6) is 0 Å². The second kappa shape index (κ2) is 9.32. The Morgan fingerprint density at radius 1 is 1.17 bits per heavy atom. The molecule has 0 radical (unpaired) electrons. The molecular formula is C15H22BrIO. The molecule has 1 aromatic rings. The first-order valence-corrected chi connectivity index (χ1v) is 8.65. The molecule has 0 heterocycles. The van der Waals surface area contributed by atoms with E-state index in [2.05, 4.69) is 51.5 Å². The minimum absolute atomic E-state index is 0.333. The van der Waals surface area contributed by atoms with Gasteiger partial charge in [-0.05, 0) is 52.8 Å². The first-order valence-electron chi connectivity index (χ1n) is 6.78. The average Bonchev–Trinajstić information content (AvgIpc) is 2.36. The number of aliphatic hydroxyl groups excluding tert-OH is 1. The zero-order valence-corrected chi connectivity index (χ0v) is 14.7. The molecule has 1 atom stereocenters. The fraction of sp³-hybridized carbons (Fsp3) is 0.600. The van der Waals surface area contributed by atoms with Crippen LogP contribution in [0, 0.1) is 3.57 Å². The topological polar surface area (TPSA) is 20.2 Å². The van der Waals surface area contributed by atoms with Crippen LogP contribution in [0.1, 0.15) is 63.5 Å². The minimum Gasteiger partial charge on any atom is -0.388 e. The van der Waals surface area contributed by atoms with E-state index in [1.54, 1.807) is 0 Å². The lowest BCUT2D eigenvalue weighted by atomic mass is 10.0. The van der Waals surface area contributed by atoms with Crippen molar-refractivity contribution in [2.75, 3.05) is 0 Å². The van der Waals surface area contributed by atoms with Crippen molar-refractivity contribution >= 4 is 38.5 Å². The molecule has 1 rings (SSSR count). The molecule has 102 valence electrons. The van der Waals surface area contributed by atoms with Crippen molar-refractivity contribution in [1.29, 1.82) is 0 Å². The number of hydrogen-bond donors (Lipinski definition) is 1. The number of hydrogen-bond acceptors (Lipinski definition) is 1. The molecule has 1 N–H and O–H groups in total. The van der Waals surface area contributed by atoms with Crippen LogP contribution in [0.25, 0.3) is 0 Å². The molecule has 0 saturated carbocycles. The second-order valence-corrected chi connectivity index (χ2v) is 6.84. The Bertz CT molecular complexity index is 354. The highest BCUT2D eigenvalue weighted by Gasteiger charge is 2.11. The minimum atomic E-state index is -0.333. The standard InChI is InChI=1S/C15H22BrIO/c1-2-3-4-5-6-7-8-15(18)13-11-12(17)9-10-14(13)16/h9-11,15,18H,2-8H2,1H3. The Labute approximate surface area is 133 Å². The van der Waals surface area contributed by atoms with Crippen LogP contribution in [0.4, 0.5) is 0 Å². The molecular weight excluding hydrogens is 403 g/mol. The van der Waals surface area contributed by atoms with Crippen molar-refractivity contribution in [2.24, 2.45) is 0 Å². The molecule has 0 bridgehead atoms. The predicted octanol–water partition coefficient (Wildman–Crippen LogP) is 5.84. The van der Waals surface area contributed by atoms with Crippen LogP contribution in [0.2, 0.25) is 0 Å². The van der Waals surface area contributed by atoms with Crippen molar-refractivity contribution in [3.8, 4) is 0 Å². The number of rotatable bonds is 8. The summed E-state index contributed by atoms with van der Waals surface area (Å²) in [7, 11) is 0. The quantitative estimate of drug-likeness (QED) is 0.410. The highest BCUT2D eigenvalue weighted by molar-refractivity contribution is 14.1. The van der Waals surface area contributed by atoms with E-state index in [4.69, 9.17) is 0 Å². The summed E-state index contributed by atoms with van der Waals surface area (Å²) in [4.78, 5) is 0. The van der Waals surface area contributed by atoms with E-state index in [9.17, 15) is 5.11 Å². The van der Waals surface area contributed by atoms with Gasteiger partial charge in [-0.25, -0.2) is 0 Å². The van der Waals surface area contributed by atoms with Crippen LogP contribution in [0.15, 0.2) is 22.7 Å². The van der Waals surface area contributed by atoms with Crippen molar-refractivity contribution in [2.45, 2.75) is 58.0 Å². The van der Waals surface area contributed by atoms with Crippen LogP contribution < -0.4 is 0 Å². The summed E-state index contributed by atoms with van der Waals surface area (Å²) >= 11 is 5.79. The van der Waals surface area contributed by atoms with Crippen molar-refractivity contribution < 1.29 is 5.11 Å². The summed E-state index contributed by atoms with van der Waals surface area (Å²) in [6.45, 7) is 2.23. The highest BCUT2D eigenvalue weighted by Crippen LogP contribution is 2.28. The van der Waals surface area contributed by atoms with Crippen LogP contribution in [-0.4, -0.2) is 5.11 Å². The monoisotopic (exact) mass is 424 g/mol. The molecule has 0 fully saturated rings. The maximum atomic E-state index is 10.2. The Morgan fingerprint density at radius 2 is 1.83 bits per heavy atom. The summed E-state index contributed by atoms with van der Waals surface area (Å²) < 4.78 is 2.19. The number of unbranched alkanes of at least 4 members (excludes halogenated alkanes) is 5. The van der Waals surface area contributed by atoms with Crippen molar-refractivity contribution in [3.05, 3.63) is 31.8 Å². The fourth-order valence-electron chi connectivity index (χ4n) is 2.04. The largest absolute Gasteiger partial charge is 0.388 e. The van der Waals surface area contributed by atoms with Gasteiger partial charge in [-0.1, -0.05) is 61.4 Å². The molecule has 1 aromatic carbocycles. The van der Waals surface area contributed by atoms with E-state index < -0.39 is 0 Å².